The van der Waals surface area contributed by atoms with Crippen molar-refractivity contribution < 1.29 is 4.74 Å². The fourth-order valence-electron chi connectivity index (χ4n) is 8.12. The van der Waals surface area contributed by atoms with E-state index in [4.69, 9.17) is 4.74 Å². The monoisotopic (exact) mass is 586 g/mol. The van der Waals surface area contributed by atoms with Gasteiger partial charge in [0, 0.05) is 16.4 Å². The second kappa shape index (κ2) is 9.19. The van der Waals surface area contributed by atoms with Crippen LogP contribution in [-0.4, -0.2) is 0 Å². The molecule has 2 aliphatic rings. The van der Waals surface area contributed by atoms with Gasteiger partial charge >= 0.3 is 0 Å². The van der Waals surface area contributed by atoms with Gasteiger partial charge in [0.15, 0.2) is 0 Å². The van der Waals surface area contributed by atoms with Gasteiger partial charge in [-0.3, -0.25) is 0 Å². The molecule has 1 aliphatic heterocycles. The Balaban J connectivity index is 1.12. The quantitative estimate of drug-likeness (QED) is 0.196. The largest absolute Gasteiger partial charge is 0.456 e. The molecule has 0 N–H and O–H groups in total. The molecule has 1 heteroatoms. The molecule has 0 fully saturated rings. The van der Waals surface area contributed by atoms with Crippen LogP contribution in [0.4, 0.5) is 0 Å². The molecule has 0 unspecified atom stereocenters. The molecule has 0 saturated heterocycles. The van der Waals surface area contributed by atoms with Crippen molar-refractivity contribution in [1.29, 1.82) is 0 Å². The highest BCUT2D eigenvalue weighted by atomic mass is 16.5. The molecule has 1 nitrogen and oxygen atoms in total. The van der Waals surface area contributed by atoms with Crippen LogP contribution >= 0.6 is 0 Å². The fraction of sp³-hybridized carbons (Fsp3) is 0.0667. The van der Waals surface area contributed by atoms with Gasteiger partial charge in [-0.1, -0.05) is 123 Å². The molecule has 0 spiro atoms. The molecule has 0 saturated carbocycles. The van der Waals surface area contributed by atoms with E-state index in [0.717, 1.165) is 17.1 Å². The topological polar surface area (TPSA) is 9.23 Å². The van der Waals surface area contributed by atoms with Gasteiger partial charge in [-0.05, 0) is 113 Å². The number of fused-ring (bicyclic) bond motifs is 7. The average Bonchev–Trinajstić information content (AvgIpc) is 3.31. The first-order valence-electron chi connectivity index (χ1n) is 16.1. The molecule has 8 aromatic rings. The first kappa shape index (κ1) is 25.6. The third-order valence-electron chi connectivity index (χ3n) is 10.4. The minimum Gasteiger partial charge on any atom is -0.456 e. The molecule has 1 aliphatic carbocycles. The summed E-state index contributed by atoms with van der Waals surface area (Å²) < 4.78 is 6.39. The molecular formula is C45H30O. The van der Waals surface area contributed by atoms with Crippen molar-refractivity contribution in [3.63, 3.8) is 0 Å². The molecule has 0 amide bonds. The molecule has 216 valence electrons. The van der Waals surface area contributed by atoms with E-state index in [9.17, 15) is 0 Å². The molecule has 0 aromatic heterocycles. The van der Waals surface area contributed by atoms with Crippen molar-refractivity contribution in [2.45, 2.75) is 19.3 Å². The Bertz CT molecular complexity index is 2570. The van der Waals surface area contributed by atoms with Gasteiger partial charge < -0.3 is 4.74 Å². The standard InChI is InChI=1S/C45H30O/c1-45(2)40-24-30(29-20-22-42-39(23-29)36-17-6-11-28-12-8-18-43(46-42)44(28)36)19-21-35(40)38-26-37-31(25-41(38)45)13-7-16-34(37)33-15-5-10-27-9-3-4-14-32(27)33/h3-26H,1-2H3. The number of hydrogen-bond acceptors (Lipinski definition) is 1. The summed E-state index contributed by atoms with van der Waals surface area (Å²) in [5.41, 5.74) is 12.7. The van der Waals surface area contributed by atoms with Crippen molar-refractivity contribution in [2.75, 3.05) is 0 Å². The van der Waals surface area contributed by atoms with E-state index in [0.29, 0.717) is 0 Å². The second-order valence-corrected chi connectivity index (χ2v) is 13.3. The Kier molecular flexibility index (Phi) is 5.12. The van der Waals surface area contributed by atoms with E-state index < -0.39 is 0 Å². The highest BCUT2D eigenvalue weighted by Gasteiger charge is 2.36. The van der Waals surface area contributed by atoms with E-state index in [2.05, 4.69) is 159 Å². The van der Waals surface area contributed by atoms with Crippen LogP contribution in [-0.2, 0) is 5.41 Å². The normalized spacial score (nSPS) is 13.8. The zero-order chi connectivity index (χ0) is 30.6. The second-order valence-electron chi connectivity index (χ2n) is 13.3. The highest BCUT2D eigenvalue weighted by molar-refractivity contribution is 6.08. The zero-order valence-corrected chi connectivity index (χ0v) is 25.8. The lowest BCUT2D eigenvalue weighted by molar-refractivity contribution is 0.487. The van der Waals surface area contributed by atoms with E-state index in [1.807, 2.05) is 0 Å². The van der Waals surface area contributed by atoms with Crippen molar-refractivity contribution >= 4 is 32.3 Å². The summed E-state index contributed by atoms with van der Waals surface area (Å²) in [6.07, 6.45) is 0. The zero-order valence-electron chi connectivity index (χ0n) is 25.8. The van der Waals surface area contributed by atoms with Gasteiger partial charge in [0.2, 0.25) is 0 Å². The molecule has 0 bridgehead atoms. The van der Waals surface area contributed by atoms with Crippen molar-refractivity contribution in [3.8, 4) is 56.0 Å². The molecular weight excluding hydrogens is 556 g/mol. The summed E-state index contributed by atoms with van der Waals surface area (Å²) in [7, 11) is 0. The minimum absolute atomic E-state index is 0.119. The first-order valence-corrected chi connectivity index (χ1v) is 16.1. The van der Waals surface area contributed by atoms with E-state index in [1.54, 1.807) is 0 Å². The number of hydrogen-bond donors (Lipinski definition) is 0. The van der Waals surface area contributed by atoms with Gasteiger partial charge in [0.25, 0.3) is 0 Å². The van der Waals surface area contributed by atoms with Crippen LogP contribution in [0.5, 0.6) is 11.5 Å². The van der Waals surface area contributed by atoms with Gasteiger partial charge in [-0.25, -0.2) is 0 Å². The molecule has 0 radical (unpaired) electrons. The third-order valence-corrected chi connectivity index (χ3v) is 10.4. The Labute approximate surface area is 268 Å². The minimum atomic E-state index is -0.119. The van der Waals surface area contributed by atoms with Crippen LogP contribution < -0.4 is 4.74 Å². The maximum Gasteiger partial charge on any atom is 0.135 e. The lowest BCUT2D eigenvalue weighted by atomic mass is 9.80. The fourth-order valence-corrected chi connectivity index (χ4v) is 8.12. The van der Waals surface area contributed by atoms with Crippen molar-refractivity contribution in [3.05, 3.63) is 157 Å². The molecule has 10 rings (SSSR count). The summed E-state index contributed by atoms with van der Waals surface area (Å²) in [6.45, 7) is 4.75. The summed E-state index contributed by atoms with van der Waals surface area (Å²) in [6, 6.07) is 53.5. The van der Waals surface area contributed by atoms with Crippen LogP contribution in [0.15, 0.2) is 146 Å². The van der Waals surface area contributed by atoms with Crippen LogP contribution in [0.1, 0.15) is 25.0 Å². The average molecular weight is 587 g/mol. The van der Waals surface area contributed by atoms with Crippen LogP contribution in [0.2, 0.25) is 0 Å². The van der Waals surface area contributed by atoms with E-state index in [-0.39, 0.29) is 5.41 Å². The van der Waals surface area contributed by atoms with Gasteiger partial charge in [-0.15, -0.1) is 0 Å². The van der Waals surface area contributed by atoms with Crippen LogP contribution in [0.3, 0.4) is 0 Å². The van der Waals surface area contributed by atoms with Gasteiger partial charge in [0.05, 0.1) is 0 Å². The summed E-state index contributed by atoms with van der Waals surface area (Å²) in [4.78, 5) is 0. The molecule has 46 heavy (non-hydrogen) atoms. The summed E-state index contributed by atoms with van der Waals surface area (Å²) in [5, 5.41) is 7.54. The number of rotatable bonds is 2. The first-order chi connectivity index (χ1) is 22.5. The summed E-state index contributed by atoms with van der Waals surface area (Å²) in [5.74, 6) is 1.85. The predicted octanol–water partition coefficient (Wildman–Crippen LogP) is 12.6. The Morgan fingerprint density at radius 3 is 1.91 bits per heavy atom. The number of ether oxygens (including phenoxy) is 1. The molecule has 0 atom stereocenters. The Hall–Kier alpha value is -5.66. The molecule has 1 heterocycles. The maximum atomic E-state index is 6.39. The Morgan fingerprint density at radius 1 is 0.391 bits per heavy atom. The molecule has 8 aromatic carbocycles. The number of benzene rings is 8. The van der Waals surface area contributed by atoms with Gasteiger partial charge in [-0.2, -0.15) is 0 Å². The third kappa shape index (κ3) is 3.51. The van der Waals surface area contributed by atoms with Gasteiger partial charge in [0.1, 0.15) is 11.5 Å². The lowest BCUT2D eigenvalue weighted by Crippen LogP contribution is -2.15. The Morgan fingerprint density at radius 2 is 1.04 bits per heavy atom. The lowest BCUT2D eigenvalue weighted by Gasteiger charge is -2.23. The summed E-state index contributed by atoms with van der Waals surface area (Å²) >= 11 is 0. The smallest absolute Gasteiger partial charge is 0.135 e. The SMILES string of the molecule is CC1(C)c2cc(-c3ccc4c(c3)-c3cccc5cccc(c35)O4)ccc2-c2cc3c(-c4cccc5ccccc45)cccc3cc21. The van der Waals surface area contributed by atoms with E-state index in [1.165, 1.54) is 82.4 Å². The maximum absolute atomic E-state index is 6.39. The van der Waals surface area contributed by atoms with Crippen molar-refractivity contribution in [1.82, 2.24) is 0 Å². The van der Waals surface area contributed by atoms with Crippen molar-refractivity contribution in [2.24, 2.45) is 0 Å². The van der Waals surface area contributed by atoms with E-state index >= 15 is 0 Å². The van der Waals surface area contributed by atoms with Crippen LogP contribution in [0.25, 0.3) is 76.8 Å². The highest BCUT2D eigenvalue weighted by Crippen LogP contribution is 2.52. The van der Waals surface area contributed by atoms with Crippen LogP contribution in [0, 0.1) is 0 Å². The predicted molar refractivity (Wildman–Crippen MR) is 193 cm³/mol.